The van der Waals surface area contributed by atoms with Gasteiger partial charge in [-0.05, 0) is 48.6 Å². The molecule has 2 aromatic carbocycles. The van der Waals surface area contributed by atoms with Crippen molar-refractivity contribution < 1.29 is 18.3 Å². The van der Waals surface area contributed by atoms with Crippen LogP contribution in [-0.2, 0) is 16.1 Å². The van der Waals surface area contributed by atoms with E-state index in [0.29, 0.717) is 31.6 Å². The second kappa shape index (κ2) is 8.40. The number of carbonyl (C=O) groups excluding carboxylic acids is 1. The Bertz CT molecular complexity index is 1250. The summed E-state index contributed by atoms with van der Waals surface area (Å²) in [6, 6.07) is 15.3. The zero-order chi connectivity index (χ0) is 23.3. The Morgan fingerprint density at radius 3 is 2.74 bits per heavy atom. The molecule has 2 aliphatic heterocycles. The summed E-state index contributed by atoms with van der Waals surface area (Å²) < 4.78 is 36.2. The maximum atomic E-state index is 15.4. The van der Waals surface area contributed by atoms with E-state index in [9.17, 15) is 4.79 Å². The highest BCUT2D eigenvalue weighted by molar-refractivity contribution is 5.84. The number of benzene rings is 2. The Balaban J connectivity index is 1.14. The van der Waals surface area contributed by atoms with Gasteiger partial charge in [0.1, 0.15) is 24.2 Å². The van der Waals surface area contributed by atoms with Gasteiger partial charge in [-0.2, -0.15) is 0 Å². The Labute approximate surface area is 197 Å². The minimum Gasteiger partial charge on any atom is -0.360 e. The first-order chi connectivity index (χ1) is 16.5. The summed E-state index contributed by atoms with van der Waals surface area (Å²) in [5.41, 5.74) is 2.18. The minimum absolute atomic E-state index is 0.0351. The number of rotatable bonds is 4. The molecule has 0 radical (unpaired) electrons. The molecule has 1 aliphatic carbocycles. The highest BCUT2D eigenvalue weighted by atomic mass is 19.1. The van der Waals surface area contributed by atoms with Crippen LogP contribution >= 0.6 is 0 Å². The summed E-state index contributed by atoms with van der Waals surface area (Å²) in [5.74, 6) is -0.333. The number of hydrogen-bond acceptors (Lipinski definition) is 4. The quantitative estimate of drug-likeness (QED) is 0.577. The van der Waals surface area contributed by atoms with Gasteiger partial charge in [0.25, 0.3) is 0 Å². The second-order valence-electron chi connectivity index (χ2n) is 9.78. The maximum Gasteiger partial charge on any atom is 0.248 e. The van der Waals surface area contributed by atoms with Crippen LogP contribution in [0.1, 0.15) is 24.8 Å². The summed E-state index contributed by atoms with van der Waals surface area (Å²) in [7, 11) is 0. The van der Waals surface area contributed by atoms with Crippen molar-refractivity contribution in [2.45, 2.75) is 43.6 Å². The summed E-state index contributed by atoms with van der Waals surface area (Å²) in [6.07, 6.45) is 3.01. The lowest BCUT2D eigenvalue weighted by Gasteiger charge is -2.49. The highest BCUT2D eigenvalue weighted by Gasteiger charge is 2.51. The first-order valence-electron chi connectivity index (χ1n) is 11.9. The predicted molar refractivity (Wildman–Crippen MR) is 125 cm³/mol. The molecule has 0 unspecified atom stereocenters. The number of piperidine rings is 1. The Kier molecular flexibility index (Phi) is 5.34. The molecule has 0 N–H and O–H groups in total. The Hall–Kier alpha value is -2.90. The minimum atomic E-state index is -1.22. The van der Waals surface area contributed by atoms with Crippen LogP contribution in [0.5, 0.6) is 0 Å². The van der Waals surface area contributed by atoms with Gasteiger partial charge in [-0.3, -0.25) is 14.7 Å². The standard InChI is InChI=1S/C27H27F2N3O2/c28-23-12-19(20-4-3-18-2-1-10-30-24(18)13-20)5-6-21(23)14-31-11-9-27(25(29)15-31)17-32(22-7-8-22)26(33)16-34-27/h1-6,10,12-13,22,25H,7-9,11,14-17H2/t25-,27-/m0/s1. The van der Waals surface area contributed by atoms with Gasteiger partial charge in [0.2, 0.25) is 5.91 Å². The molecule has 6 rings (SSSR count). The van der Waals surface area contributed by atoms with E-state index in [2.05, 4.69) is 4.98 Å². The number of halogens is 2. The molecule has 1 amide bonds. The van der Waals surface area contributed by atoms with Gasteiger partial charge in [-0.25, -0.2) is 8.78 Å². The SMILES string of the molecule is O=C1CO[C@@]2(CCN(Cc3ccc(-c4ccc5cccnc5c4)cc3F)C[C@@H]2F)CN1C1CC1. The predicted octanol–water partition coefficient (Wildman–Crippen LogP) is 4.34. The zero-order valence-electron chi connectivity index (χ0n) is 18.9. The third-order valence-corrected chi connectivity index (χ3v) is 7.46. The lowest BCUT2D eigenvalue weighted by Crippen LogP contribution is -2.64. The van der Waals surface area contributed by atoms with Crippen LogP contribution in [0.4, 0.5) is 8.78 Å². The monoisotopic (exact) mass is 463 g/mol. The second-order valence-corrected chi connectivity index (χ2v) is 9.78. The molecular weight excluding hydrogens is 436 g/mol. The van der Waals surface area contributed by atoms with Crippen LogP contribution in [0.2, 0.25) is 0 Å². The molecule has 7 heteroatoms. The number of morpholine rings is 1. The average molecular weight is 464 g/mol. The summed E-state index contributed by atoms with van der Waals surface area (Å²) in [6.45, 7) is 1.40. The topological polar surface area (TPSA) is 45.7 Å². The molecule has 3 heterocycles. The van der Waals surface area contributed by atoms with E-state index in [0.717, 1.165) is 34.9 Å². The van der Waals surface area contributed by atoms with Crippen LogP contribution < -0.4 is 0 Å². The highest BCUT2D eigenvalue weighted by Crippen LogP contribution is 2.38. The molecule has 2 saturated heterocycles. The summed E-state index contributed by atoms with van der Waals surface area (Å²) in [5, 5.41) is 1.04. The van der Waals surface area contributed by atoms with Gasteiger partial charge < -0.3 is 9.64 Å². The van der Waals surface area contributed by atoms with E-state index in [1.54, 1.807) is 18.3 Å². The van der Waals surface area contributed by atoms with Crippen LogP contribution in [0.3, 0.4) is 0 Å². The van der Waals surface area contributed by atoms with Crippen molar-refractivity contribution >= 4 is 16.8 Å². The Morgan fingerprint density at radius 1 is 1.12 bits per heavy atom. The number of pyridine rings is 1. The van der Waals surface area contributed by atoms with E-state index in [4.69, 9.17) is 4.74 Å². The van der Waals surface area contributed by atoms with Gasteiger partial charge in [0, 0.05) is 42.8 Å². The van der Waals surface area contributed by atoms with Crippen molar-refractivity contribution in [1.29, 1.82) is 0 Å². The first kappa shape index (κ1) is 21.6. The van der Waals surface area contributed by atoms with Gasteiger partial charge in [-0.15, -0.1) is 0 Å². The third-order valence-electron chi connectivity index (χ3n) is 7.46. The van der Waals surface area contributed by atoms with E-state index in [-0.39, 0.29) is 30.9 Å². The average Bonchev–Trinajstić information content (AvgIpc) is 3.69. The molecule has 176 valence electrons. The molecule has 0 bridgehead atoms. The molecule has 2 atom stereocenters. The number of fused-ring (bicyclic) bond motifs is 1. The molecule has 1 spiro atoms. The van der Waals surface area contributed by atoms with Crippen LogP contribution in [-0.4, -0.2) is 64.7 Å². The van der Waals surface area contributed by atoms with E-state index in [1.807, 2.05) is 46.2 Å². The molecular formula is C27H27F2N3O2. The third kappa shape index (κ3) is 3.97. The van der Waals surface area contributed by atoms with E-state index < -0.39 is 11.8 Å². The van der Waals surface area contributed by atoms with Crippen molar-refractivity contribution in [2.75, 3.05) is 26.2 Å². The van der Waals surface area contributed by atoms with Gasteiger partial charge >= 0.3 is 0 Å². The number of alkyl halides is 1. The molecule has 5 nitrogen and oxygen atoms in total. The number of hydrogen-bond donors (Lipinski definition) is 0. The number of nitrogens with zero attached hydrogens (tertiary/aromatic N) is 3. The van der Waals surface area contributed by atoms with E-state index >= 15 is 8.78 Å². The van der Waals surface area contributed by atoms with Crippen molar-refractivity contribution in [2.24, 2.45) is 0 Å². The number of ether oxygens (including phenoxy) is 1. The number of amides is 1. The maximum absolute atomic E-state index is 15.4. The molecule has 34 heavy (non-hydrogen) atoms. The van der Waals surface area contributed by atoms with Crippen molar-refractivity contribution in [3.8, 4) is 11.1 Å². The van der Waals surface area contributed by atoms with Crippen LogP contribution in [0.15, 0.2) is 54.7 Å². The van der Waals surface area contributed by atoms with Gasteiger partial charge in [-0.1, -0.05) is 30.3 Å². The molecule has 3 aromatic rings. The largest absolute Gasteiger partial charge is 0.360 e. The van der Waals surface area contributed by atoms with Gasteiger partial charge in [0.15, 0.2) is 0 Å². The van der Waals surface area contributed by atoms with Gasteiger partial charge in [0.05, 0.1) is 12.1 Å². The molecule has 1 aromatic heterocycles. The lowest BCUT2D eigenvalue weighted by atomic mass is 9.87. The summed E-state index contributed by atoms with van der Waals surface area (Å²) in [4.78, 5) is 20.3. The van der Waals surface area contributed by atoms with Crippen LogP contribution in [0.25, 0.3) is 22.0 Å². The first-order valence-corrected chi connectivity index (χ1v) is 11.9. The molecule has 1 saturated carbocycles. The van der Waals surface area contributed by atoms with E-state index in [1.165, 1.54) is 0 Å². The summed E-state index contributed by atoms with van der Waals surface area (Å²) >= 11 is 0. The van der Waals surface area contributed by atoms with Crippen molar-refractivity contribution in [1.82, 2.24) is 14.8 Å². The number of likely N-dealkylation sites (tertiary alicyclic amines) is 1. The fourth-order valence-electron chi connectivity index (χ4n) is 5.24. The smallest absolute Gasteiger partial charge is 0.248 e. The number of aromatic nitrogens is 1. The zero-order valence-corrected chi connectivity index (χ0v) is 18.9. The fourth-order valence-corrected chi connectivity index (χ4v) is 5.24. The lowest BCUT2D eigenvalue weighted by molar-refractivity contribution is -0.189. The fraction of sp³-hybridized carbons (Fsp3) is 0.407. The number of carbonyl (C=O) groups is 1. The van der Waals surface area contributed by atoms with Crippen molar-refractivity contribution in [3.63, 3.8) is 0 Å². The molecule has 3 aliphatic rings. The normalized spacial score (nSPS) is 25.9. The van der Waals surface area contributed by atoms with Crippen LogP contribution in [0, 0.1) is 5.82 Å². The molecule has 3 fully saturated rings. The Morgan fingerprint density at radius 2 is 1.94 bits per heavy atom. The van der Waals surface area contributed by atoms with Crippen molar-refractivity contribution in [3.05, 3.63) is 66.1 Å².